The lowest BCUT2D eigenvalue weighted by molar-refractivity contribution is -0.0175. The van der Waals surface area contributed by atoms with Gasteiger partial charge in [0.1, 0.15) is 18.2 Å². The van der Waals surface area contributed by atoms with Crippen LogP contribution in [-0.2, 0) is 19.4 Å². The first-order chi connectivity index (χ1) is 19.7. The van der Waals surface area contributed by atoms with Crippen molar-refractivity contribution >= 4 is 39.1 Å². The standard InChI is InChI=1S/C31H31ClN4O4S/c1-17-11-22(28-27(33-17)24(14-41-28)30(38)39)21-12-19(32)3-6-26(21)40-10-9-36-18(2)34-25-7-8-31(13-23(25)29(36)37)15-35(16-31)20-4-5-20/h3,6,11-12,14,20H,4-5,7-10,13,15-16H2,1-2H3,(H,38,39). The largest absolute Gasteiger partial charge is 0.491 e. The summed E-state index contributed by atoms with van der Waals surface area (Å²) in [6, 6.07) is 8.11. The molecule has 1 saturated heterocycles. The van der Waals surface area contributed by atoms with Crippen LogP contribution < -0.4 is 10.3 Å². The van der Waals surface area contributed by atoms with E-state index in [1.54, 1.807) is 16.0 Å². The molecule has 2 aliphatic carbocycles. The number of carboxylic acids is 1. The second kappa shape index (κ2) is 9.93. The third-order valence-corrected chi connectivity index (χ3v) is 10.0. The minimum Gasteiger partial charge on any atom is -0.491 e. The average molecular weight is 591 g/mol. The molecule has 212 valence electrons. The van der Waals surface area contributed by atoms with Crippen LogP contribution in [0.2, 0.25) is 5.02 Å². The maximum Gasteiger partial charge on any atom is 0.338 e. The molecule has 3 aromatic heterocycles. The Kier molecular flexibility index (Phi) is 6.44. The van der Waals surface area contributed by atoms with Gasteiger partial charge in [-0.1, -0.05) is 11.6 Å². The summed E-state index contributed by atoms with van der Waals surface area (Å²) in [5, 5.41) is 11.8. The number of thiophene rings is 1. The van der Waals surface area contributed by atoms with Gasteiger partial charge in [-0.2, -0.15) is 0 Å². The molecule has 2 fully saturated rings. The highest BCUT2D eigenvalue weighted by Crippen LogP contribution is 2.46. The Bertz CT molecular complexity index is 1770. The van der Waals surface area contributed by atoms with Crippen LogP contribution in [0.15, 0.2) is 34.4 Å². The lowest BCUT2D eigenvalue weighted by Gasteiger charge is -2.52. The van der Waals surface area contributed by atoms with Crippen molar-refractivity contribution in [1.29, 1.82) is 0 Å². The Balaban J connectivity index is 1.14. The average Bonchev–Trinajstić information content (AvgIpc) is 3.67. The van der Waals surface area contributed by atoms with Crippen molar-refractivity contribution < 1.29 is 14.6 Å². The molecule has 4 heterocycles. The Morgan fingerprint density at radius 3 is 2.76 bits per heavy atom. The summed E-state index contributed by atoms with van der Waals surface area (Å²) >= 11 is 7.74. The van der Waals surface area contributed by atoms with Crippen molar-refractivity contribution in [1.82, 2.24) is 19.4 Å². The Morgan fingerprint density at radius 1 is 1.20 bits per heavy atom. The number of pyridine rings is 1. The van der Waals surface area contributed by atoms with Gasteiger partial charge in [-0.05, 0) is 70.2 Å². The number of hydrogen-bond acceptors (Lipinski definition) is 7. The van der Waals surface area contributed by atoms with E-state index in [2.05, 4.69) is 9.88 Å². The number of benzene rings is 1. The minimum atomic E-state index is -1.01. The summed E-state index contributed by atoms with van der Waals surface area (Å²) in [6.45, 7) is 6.59. The number of aryl methyl sites for hydroxylation is 3. The molecule has 1 aliphatic heterocycles. The van der Waals surface area contributed by atoms with E-state index in [-0.39, 0.29) is 23.1 Å². The molecule has 10 heteroatoms. The molecule has 41 heavy (non-hydrogen) atoms. The van der Waals surface area contributed by atoms with Crippen LogP contribution in [0.5, 0.6) is 5.75 Å². The van der Waals surface area contributed by atoms with E-state index in [4.69, 9.17) is 21.3 Å². The van der Waals surface area contributed by atoms with E-state index < -0.39 is 5.97 Å². The van der Waals surface area contributed by atoms with E-state index in [0.717, 1.165) is 65.5 Å². The number of halogens is 1. The zero-order valence-corrected chi connectivity index (χ0v) is 24.6. The van der Waals surface area contributed by atoms with Crippen molar-refractivity contribution in [2.24, 2.45) is 5.41 Å². The van der Waals surface area contributed by atoms with E-state index >= 15 is 0 Å². The molecular weight excluding hydrogens is 560 g/mol. The maximum absolute atomic E-state index is 13.7. The fraction of sp³-hybridized carbons (Fsp3) is 0.419. The Labute approximate surface area is 246 Å². The van der Waals surface area contributed by atoms with Crippen LogP contribution in [0.1, 0.15) is 52.4 Å². The van der Waals surface area contributed by atoms with Gasteiger partial charge < -0.3 is 9.84 Å². The number of rotatable bonds is 7. The molecule has 3 aliphatic rings. The van der Waals surface area contributed by atoms with Crippen LogP contribution in [0.25, 0.3) is 21.3 Å². The lowest BCUT2D eigenvalue weighted by Crippen LogP contribution is -2.60. The van der Waals surface area contributed by atoms with E-state index in [1.807, 2.05) is 32.0 Å². The quantitative estimate of drug-likeness (QED) is 0.303. The number of ether oxygens (including phenoxy) is 1. The van der Waals surface area contributed by atoms with Gasteiger partial charge in [-0.25, -0.2) is 9.78 Å². The van der Waals surface area contributed by atoms with Gasteiger partial charge in [0.15, 0.2) is 0 Å². The summed E-state index contributed by atoms with van der Waals surface area (Å²) in [6.07, 6.45) is 5.44. The van der Waals surface area contributed by atoms with E-state index in [0.29, 0.717) is 34.4 Å². The second-order valence-corrected chi connectivity index (χ2v) is 13.1. The van der Waals surface area contributed by atoms with Crippen LogP contribution >= 0.6 is 22.9 Å². The van der Waals surface area contributed by atoms with Crippen LogP contribution in [-0.4, -0.2) is 56.2 Å². The van der Waals surface area contributed by atoms with Crippen molar-refractivity contribution in [2.75, 3.05) is 19.7 Å². The summed E-state index contributed by atoms with van der Waals surface area (Å²) in [5.41, 5.74) is 5.04. The van der Waals surface area contributed by atoms with E-state index in [9.17, 15) is 14.7 Å². The molecule has 0 radical (unpaired) electrons. The van der Waals surface area contributed by atoms with Gasteiger partial charge in [-0.15, -0.1) is 11.3 Å². The third kappa shape index (κ3) is 4.73. The molecule has 0 amide bonds. The molecule has 1 spiro atoms. The second-order valence-electron chi connectivity index (χ2n) is 11.8. The first-order valence-corrected chi connectivity index (χ1v) is 15.4. The maximum atomic E-state index is 13.7. The third-order valence-electron chi connectivity index (χ3n) is 8.81. The molecular formula is C31H31ClN4O4S. The topological polar surface area (TPSA) is 97.6 Å². The molecule has 7 rings (SSSR count). The first-order valence-electron chi connectivity index (χ1n) is 14.1. The zero-order chi connectivity index (χ0) is 28.5. The van der Waals surface area contributed by atoms with Gasteiger partial charge in [0.2, 0.25) is 0 Å². The highest BCUT2D eigenvalue weighted by molar-refractivity contribution is 7.18. The summed E-state index contributed by atoms with van der Waals surface area (Å²) in [5.74, 6) is 0.312. The minimum absolute atomic E-state index is 0.0580. The van der Waals surface area contributed by atoms with Gasteiger partial charge in [0.25, 0.3) is 5.56 Å². The molecule has 1 aromatic carbocycles. The number of fused-ring (bicyclic) bond motifs is 2. The van der Waals surface area contributed by atoms with Crippen molar-refractivity contribution in [3.8, 4) is 16.9 Å². The summed E-state index contributed by atoms with van der Waals surface area (Å²) < 4.78 is 8.79. The zero-order valence-electron chi connectivity index (χ0n) is 23.1. The number of carbonyl (C=O) groups is 1. The van der Waals surface area contributed by atoms with Crippen LogP contribution in [0, 0.1) is 19.3 Å². The Morgan fingerprint density at radius 2 is 2.00 bits per heavy atom. The fourth-order valence-corrected chi connectivity index (χ4v) is 7.79. The van der Waals surface area contributed by atoms with Gasteiger partial charge in [0.05, 0.1) is 28.0 Å². The number of hydrogen-bond donors (Lipinski definition) is 1. The fourth-order valence-electron chi connectivity index (χ4n) is 6.61. The Hall–Kier alpha value is -3.27. The first kappa shape index (κ1) is 26.6. The highest BCUT2D eigenvalue weighted by atomic mass is 35.5. The molecule has 8 nitrogen and oxygen atoms in total. The van der Waals surface area contributed by atoms with E-state index in [1.165, 1.54) is 24.2 Å². The number of nitrogens with zero attached hydrogens (tertiary/aromatic N) is 4. The monoisotopic (exact) mass is 590 g/mol. The normalized spacial score (nSPS) is 17.9. The van der Waals surface area contributed by atoms with Crippen LogP contribution in [0.4, 0.5) is 0 Å². The molecule has 1 saturated carbocycles. The SMILES string of the molecule is Cc1cc(-c2cc(Cl)ccc2OCCn2c(C)nc3c(c2=O)CC2(CC3)CN(C3CC3)C2)c2scc(C(=O)O)c2n1. The number of aromatic carboxylic acids is 1. The number of likely N-dealkylation sites (tertiary alicyclic amines) is 1. The number of aromatic nitrogens is 3. The van der Waals surface area contributed by atoms with Crippen molar-refractivity contribution in [3.05, 3.63) is 73.4 Å². The van der Waals surface area contributed by atoms with Gasteiger partial charge in [0, 0.05) is 57.3 Å². The predicted molar refractivity (Wildman–Crippen MR) is 160 cm³/mol. The molecule has 0 unspecified atom stereocenters. The summed E-state index contributed by atoms with van der Waals surface area (Å²) in [7, 11) is 0. The highest BCUT2D eigenvalue weighted by Gasteiger charge is 2.50. The van der Waals surface area contributed by atoms with Gasteiger partial charge in [-0.3, -0.25) is 19.2 Å². The molecule has 1 N–H and O–H groups in total. The smallest absolute Gasteiger partial charge is 0.338 e. The van der Waals surface area contributed by atoms with Gasteiger partial charge >= 0.3 is 5.97 Å². The van der Waals surface area contributed by atoms with Crippen molar-refractivity contribution in [2.45, 2.75) is 58.5 Å². The summed E-state index contributed by atoms with van der Waals surface area (Å²) in [4.78, 5) is 37.4. The molecule has 4 aromatic rings. The lowest BCUT2D eigenvalue weighted by atomic mass is 9.67. The number of carboxylic acid groups (broad SMARTS) is 1. The molecule has 0 atom stereocenters. The van der Waals surface area contributed by atoms with Crippen molar-refractivity contribution in [3.63, 3.8) is 0 Å². The predicted octanol–water partition coefficient (Wildman–Crippen LogP) is 5.52. The molecule has 0 bridgehead atoms. The van der Waals surface area contributed by atoms with Crippen LogP contribution in [0.3, 0.4) is 0 Å².